The zero-order chi connectivity index (χ0) is 13.2. The summed E-state index contributed by atoms with van der Waals surface area (Å²) < 4.78 is 5.13. The summed E-state index contributed by atoms with van der Waals surface area (Å²) in [5.41, 5.74) is 2.63. The Labute approximate surface area is 111 Å². The summed E-state index contributed by atoms with van der Waals surface area (Å²) in [5, 5.41) is 11.2. The highest BCUT2D eigenvalue weighted by Gasteiger charge is 2.09. The number of ether oxygens (including phenoxy) is 1. The van der Waals surface area contributed by atoms with Gasteiger partial charge >= 0.3 is 0 Å². The van der Waals surface area contributed by atoms with Gasteiger partial charge in [-0.3, -0.25) is 4.98 Å². The van der Waals surface area contributed by atoms with Crippen LogP contribution >= 0.6 is 0 Å². The van der Waals surface area contributed by atoms with Crippen molar-refractivity contribution in [1.29, 1.82) is 0 Å². The summed E-state index contributed by atoms with van der Waals surface area (Å²) in [6, 6.07) is 15.3. The lowest BCUT2D eigenvalue weighted by Gasteiger charge is -2.09. The van der Waals surface area contributed by atoms with E-state index in [4.69, 9.17) is 4.74 Å². The Hall–Kier alpha value is -2.55. The monoisotopic (exact) mass is 251 g/mol. The van der Waals surface area contributed by atoms with Crippen molar-refractivity contribution in [1.82, 2.24) is 4.98 Å². The van der Waals surface area contributed by atoms with Crippen molar-refractivity contribution in [2.24, 2.45) is 0 Å². The van der Waals surface area contributed by atoms with Gasteiger partial charge in [-0.15, -0.1) is 0 Å². The number of hydrogen-bond acceptors (Lipinski definition) is 3. The third-order valence-electron chi connectivity index (χ3n) is 3.13. The average molecular weight is 251 g/mol. The van der Waals surface area contributed by atoms with Crippen molar-refractivity contribution >= 4 is 10.9 Å². The van der Waals surface area contributed by atoms with Gasteiger partial charge < -0.3 is 9.84 Å². The average Bonchev–Trinajstić information content (AvgIpc) is 2.47. The van der Waals surface area contributed by atoms with Gasteiger partial charge in [0.1, 0.15) is 0 Å². The molecule has 0 radical (unpaired) electrons. The number of rotatable bonds is 2. The van der Waals surface area contributed by atoms with Crippen molar-refractivity contribution in [3.05, 3.63) is 54.7 Å². The van der Waals surface area contributed by atoms with E-state index < -0.39 is 0 Å². The van der Waals surface area contributed by atoms with Crippen molar-refractivity contribution in [3.63, 3.8) is 0 Å². The maximum Gasteiger partial charge on any atom is 0.165 e. The Morgan fingerprint density at radius 2 is 1.95 bits per heavy atom. The van der Waals surface area contributed by atoms with Gasteiger partial charge in [0, 0.05) is 17.1 Å². The van der Waals surface area contributed by atoms with Crippen LogP contribution in [0.1, 0.15) is 0 Å². The van der Waals surface area contributed by atoms with Gasteiger partial charge in [0.15, 0.2) is 11.5 Å². The molecule has 19 heavy (non-hydrogen) atoms. The predicted molar refractivity (Wildman–Crippen MR) is 75.4 cm³/mol. The highest BCUT2D eigenvalue weighted by Crippen LogP contribution is 2.37. The zero-order valence-corrected chi connectivity index (χ0v) is 10.5. The molecule has 1 N–H and O–H groups in total. The SMILES string of the molecule is COc1cccc(-c2ccc3ncccc3c2)c1O. The van der Waals surface area contributed by atoms with Crippen molar-refractivity contribution < 1.29 is 9.84 Å². The number of para-hydroxylation sites is 1. The number of pyridine rings is 1. The fourth-order valence-corrected chi connectivity index (χ4v) is 2.16. The molecule has 2 aromatic carbocycles. The molecule has 94 valence electrons. The Bertz CT molecular complexity index is 738. The smallest absolute Gasteiger partial charge is 0.165 e. The fraction of sp³-hybridized carbons (Fsp3) is 0.0625. The number of hydrogen-bond donors (Lipinski definition) is 1. The minimum atomic E-state index is 0.160. The maximum absolute atomic E-state index is 10.2. The molecular formula is C16H13NO2. The van der Waals surface area contributed by atoms with Crippen LogP contribution in [0.3, 0.4) is 0 Å². The molecule has 0 saturated heterocycles. The largest absolute Gasteiger partial charge is 0.504 e. The van der Waals surface area contributed by atoms with E-state index in [1.165, 1.54) is 0 Å². The third kappa shape index (κ3) is 1.99. The molecular weight excluding hydrogens is 238 g/mol. The summed E-state index contributed by atoms with van der Waals surface area (Å²) in [7, 11) is 1.54. The number of phenols is 1. The zero-order valence-electron chi connectivity index (χ0n) is 10.5. The predicted octanol–water partition coefficient (Wildman–Crippen LogP) is 3.62. The quantitative estimate of drug-likeness (QED) is 0.756. The van der Waals surface area contributed by atoms with E-state index in [0.717, 1.165) is 22.0 Å². The molecule has 0 aliphatic heterocycles. The lowest BCUT2D eigenvalue weighted by Crippen LogP contribution is -1.86. The third-order valence-corrected chi connectivity index (χ3v) is 3.13. The highest BCUT2D eigenvalue weighted by molar-refractivity contribution is 5.86. The van der Waals surface area contributed by atoms with E-state index in [1.807, 2.05) is 42.5 Å². The van der Waals surface area contributed by atoms with E-state index in [0.29, 0.717) is 5.75 Å². The van der Waals surface area contributed by atoms with Gasteiger partial charge in [0.2, 0.25) is 0 Å². The standard InChI is InChI=1S/C16H13NO2/c1-19-15-6-2-5-13(16(15)18)11-7-8-14-12(10-11)4-3-9-17-14/h2-10,18H,1H3. The summed E-state index contributed by atoms with van der Waals surface area (Å²) in [6.07, 6.45) is 1.77. The molecule has 3 aromatic rings. The number of benzene rings is 2. The molecule has 1 aromatic heterocycles. The highest BCUT2D eigenvalue weighted by atomic mass is 16.5. The first-order chi connectivity index (χ1) is 9.29. The lowest BCUT2D eigenvalue weighted by atomic mass is 10.0. The minimum Gasteiger partial charge on any atom is -0.504 e. The number of aromatic hydroxyl groups is 1. The number of fused-ring (bicyclic) bond motifs is 1. The summed E-state index contributed by atoms with van der Waals surface area (Å²) in [5.74, 6) is 0.636. The lowest BCUT2D eigenvalue weighted by molar-refractivity contribution is 0.374. The van der Waals surface area contributed by atoms with Gasteiger partial charge in [0.05, 0.1) is 12.6 Å². The van der Waals surface area contributed by atoms with Crippen molar-refractivity contribution in [2.45, 2.75) is 0 Å². The summed E-state index contributed by atoms with van der Waals surface area (Å²) in [6.45, 7) is 0. The molecule has 0 atom stereocenters. The molecule has 0 amide bonds. The number of phenolic OH excluding ortho intramolecular Hbond substituents is 1. The van der Waals surface area contributed by atoms with Gasteiger partial charge in [-0.25, -0.2) is 0 Å². The van der Waals surface area contributed by atoms with Gasteiger partial charge in [-0.2, -0.15) is 0 Å². The van der Waals surface area contributed by atoms with Gasteiger partial charge in [-0.05, 0) is 29.8 Å². The first-order valence-corrected chi connectivity index (χ1v) is 6.01. The first kappa shape index (κ1) is 11.5. The van der Waals surface area contributed by atoms with Crippen LogP contribution in [0.2, 0.25) is 0 Å². The van der Waals surface area contributed by atoms with E-state index in [-0.39, 0.29) is 5.75 Å². The van der Waals surface area contributed by atoms with Crippen LogP contribution in [0, 0.1) is 0 Å². The van der Waals surface area contributed by atoms with E-state index >= 15 is 0 Å². The van der Waals surface area contributed by atoms with Crippen LogP contribution < -0.4 is 4.74 Å². The molecule has 0 aliphatic carbocycles. The molecule has 0 fully saturated rings. The molecule has 0 aliphatic rings. The normalized spacial score (nSPS) is 10.6. The summed E-state index contributed by atoms with van der Waals surface area (Å²) >= 11 is 0. The van der Waals surface area contributed by atoms with E-state index in [2.05, 4.69) is 4.98 Å². The molecule has 0 bridgehead atoms. The molecule has 0 unspecified atom stereocenters. The molecule has 1 heterocycles. The van der Waals surface area contributed by atoms with Crippen LogP contribution in [0.4, 0.5) is 0 Å². The second kappa shape index (κ2) is 4.61. The van der Waals surface area contributed by atoms with Gasteiger partial charge in [0.25, 0.3) is 0 Å². The van der Waals surface area contributed by atoms with Crippen LogP contribution in [-0.2, 0) is 0 Å². The van der Waals surface area contributed by atoms with Crippen LogP contribution in [-0.4, -0.2) is 17.2 Å². The van der Waals surface area contributed by atoms with Crippen molar-refractivity contribution in [2.75, 3.05) is 7.11 Å². The minimum absolute atomic E-state index is 0.160. The Balaban J connectivity index is 2.19. The molecule has 3 nitrogen and oxygen atoms in total. The number of methoxy groups -OCH3 is 1. The second-order valence-electron chi connectivity index (χ2n) is 4.27. The van der Waals surface area contributed by atoms with Crippen LogP contribution in [0.15, 0.2) is 54.7 Å². The Kier molecular flexibility index (Phi) is 2.80. The number of aromatic nitrogens is 1. The molecule has 0 saturated carbocycles. The topological polar surface area (TPSA) is 42.4 Å². The fourth-order valence-electron chi connectivity index (χ4n) is 2.16. The molecule has 3 heteroatoms. The Morgan fingerprint density at radius 3 is 2.79 bits per heavy atom. The van der Waals surface area contributed by atoms with Crippen molar-refractivity contribution in [3.8, 4) is 22.6 Å². The molecule has 3 rings (SSSR count). The van der Waals surface area contributed by atoms with E-state index in [1.54, 1.807) is 19.4 Å². The van der Waals surface area contributed by atoms with E-state index in [9.17, 15) is 5.11 Å². The number of nitrogens with zero attached hydrogens (tertiary/aromatic N) is 1. The molecule has 0 spiro atoms. The van der Waals surface area contributed by atoms with Crippen LogP contribution in [0.5, 0.6) is 11.5 Å². The first-order valence-electron chi connectivity index (χ1n) is 6.01. The second-order valence-corrected chi connectivity index (χ2v) is 4.27. The Morgan fingerprint density at radius 1 is 1.05 bits per heavy atom. The van der Waals surface area contributed by atoms with Gasteiger partial charge in [-0.1, -0.05) is 24.3 Å². The maximum atomic E-state index is 10.2. The van der Waals surface area contributed by atoms with Crippen LogP contribution in [0.25, 0.3) is 22.0 Å². The summed E-state index contributed by atoms with van der Waals surface area (Å²) in [4.78, 5) is 4.28.